The molecule has 3 fully saturated rings. The fourth-order valence-corrected chi connectivity index (χ4v) is 4.15. The van der Waals surface area contributed by atoms with Crippen LogP contribution in [-0.2, 0) is 48.2 Å². The summed E-state index contributed by atoms with van der Waals surface area (Å²) in [4.78, 5) is 12.2. The molecule has 10 nitrogen and oxygen atoms in total. The summed E-state index contributed by atoms with van der Waals surface area (Å²) < 4.78 is 49.9. The average molecular weight is 410 g/mol. The Bertz CT molecular complexity index is 594. The molecule has 3 aliphatic heterocycles. The second kappa shape index (κ2) is 7.64. The molecule has 0 amide bonds. The number of rotatable bonds is 5. The number of aliphatic hydroxyl groups excluding tert-OH is 1. The summed E-state index contributed by atoms with van der Waals surface area (Å²) >= 11 is -2.14. The van der Waals surface area contributed by atoms with Gasteiger partial charge in [-0.1, -0.05) is 0 Å². The molecule has 7 atom stereocenters. The number of hydrogen-bond donors (Lipinski definition) is 1. The van der Waals surface area contributed by atoms with Crippen molar-refractivity contribution in [1.82, 2.24) is 0 Å². The summed E-state index contributed by atoms with van der Waals surface area (Å²) in [6.07, 6.45) is -6.02. The number of hydrogen-bond acceptors (Lipinski definition) is 10. The number of carbonyl (C=O) groups is 1. The Labute approximate surface area is 160 Å². The molecule has 3 rings (SSSR count). The highest BCUT2D eigenvalue weighted by atomic mass is 32.2. The molecule has 11 heteroatoms. The van der Waals surface area contributed by atoms with E-state index in [0.717, 1.165) is 0 Å². The first-order valence-electron chi connectivity index (χ1n) is 8.81. The van der Waals surface area contributed by atoms with Gasteiger partial charge in [-0.15, -0.1) is 0 Å². The molecule has 3 saturated heterocycles. The standard InChI is InChI=1S/C16H26O10S/c1-6-20-14(18)13-12(25-27(19)26-13)11-10(23-16(4,5)24-11)9(17)8-7-21-15(2,3)22-8/h8-13,17H,6-7H2,1-5H3/t8-,9-,10+,11+,12?,13?,27?/m1/s1. The first-order valence-corrected chi connectivity index (χ1v) is 9.81. The van der Waals surface area contributed by atoms with E-state index < -0.39 is 65.5 Å². The van der Waals surface area contributed by atoms with Crippen LogP contribution in [0.1, 0.15) is 34.6 Å². The predicted molar refractivity (Wildman–Crippen MR) is 89.3 cm³/mol. The van der Waals surface area contributed by atoms with E-state index in [1.807, 2.05) is 0 Å². The van der Waals surface area contributed by atoms with E-state index in [-0.39, 0.29) is 13.2 Å². The van der Waals surface area contributed by atoms with E-state index in [2.05, 4.69) is 0 Å². The van der Waals surface area contributed by atoms with Crippen molar-refractivity contribution in [2.75, 3.05) is 13.2 Å². The summed E-state index contributed by atoms with van der Waals surface area (Å²) in [5.74, 6) is -2.63. The fourth-order valence-electron chi connectivity index (χ4n) is 3.36. The third-order valence-electron chi connectivity index (χ3n) is 4.42. The van der Waals surface area contributed by atoms with Crippen LogP contribution in [0.25, 0.3) is 0 Å². The van der Waals surface area contributed by atoms with E-state index in [4.69, 9.17) is 32.1 Å². The Morgan fingerprint density at radius 2 is 1.85 bits per heavy atom. The first kappa shape index (κ1) is 21.1. The minimum atomic E-state index is -2.14. The van der Waals surface area contributed by atoms with Gasteiger partial charge in [0.05, 0.1) is 13.2 Å². The monoisotopic (exact) mass is 410 g/mol. The predicted octanol–water partition coefficient (Wildman–Crippen LogP) is -0.0553. The van der Waals surface area contributed by atoms with Crippen molar-refractivity contribution in [3.63, 3.8) is 0 Å². The molecule has 0 aromatic carbocycles. The lowest BCUT2D eigenvalue weighted by Gasteiger charge is -2.29. The van der Waals surface area contributed by atoms with Crippen molar-refractivity contribution in [3.8, 4) is 0 Å². The molecule has 3 aliphatic rings. The van der Waals surface area contributed by atoms with Crippen molar-refractivity contribution in [1.29, 1.82) is 0 Å². The molecule has 0 saturated carbocycles. The fraction of sp³-hybridized carbons (Fsp3) is 0.938. The second-order valence-corrected chi connectivity index (χ2v) is 8.25. The Balaban J connectivity index is 1.81. The maximum atomic E-state index is 12.2. The maximum Gasteiger partial charge on any atom is 0.339 e. The van der Waals surface area contributed by atoms with Crippen LogP contribution in [0.15, 0.2) is 0 Å². The van der Waals surface area contributed by atoms with Crippen LogP contribution in [-0.4, -0.2) is 76.7 Å². The van der Waals surface area contributed by atoms with Gasteiger partial charge in [0.1, 0.15) is 30.5 Å². The summed E-state index contributed by atoms with van der Waals surface area (Å²) in [6, 6.07) is 0. The number of ether oxygens (including phenoxy) is 5. The number of aliphatic hydroxyl groups is 1. The van der Waals surface area contributed by atoms with E-state index in [9.17, 15) is 14.1 Å². The quantitative estimate of drug-likeness (QED) is 0.618. The van der Waals surface area contributed by atoms with Gasteiger partial charge in [-0.3, -0.25) is 8.37 Å². The van der Waals surface area contributed by atoms with Gasteiger partial charge in [0.2, 0.25) is 6.10 Å². The topological polar surface area (TPSA) is 119 Å². The van der Waals surface area contributed by atoms with E-state index in [1.54, 1.807) is 34.6 Å². The third kappa shape index (κ3) is 4.51. The summed E-state index contributed by atoms with van der Waals surface area (Å²) in [6.45, 7) is 8.73. The SMILES string of the molecule is CCOC(=O)C1OS(=O)OC1[C@H]1OC(C)(C)O[C@H]1[C@H](O)[C@H]1COC(C)(C)O1. The molecule has 0 bridgehead atoms. The molecule has 0 radical (unpaired) electrons. The average Bonchev–Trinajstić information content (AvgIpc) is 3.21. The summed E-state index contributed by atoms with van der Waals surface area (Å²) in [5.41, 5.74) is 0. The van der Waals surface area contributed by atoms with Crippen LogP contribution in [0.5, 0.6) is 0 Å². The first-order chi connectivity index (χ1) is 12.5. The summed E-state index contributed by atoms with van der Waals surface area (Å²) in [5, 5.41) is 10.8. The maximum absolute atomic E-state index is 12.2. The zero-order valence-electron chi connectivity index (χ0n) is 15.9. The smallest absolute Gasteiger partial charge is 0.339 e. The molecular weight excluding hydrogens is 384 g/mol. The molecule has 0 aromatic rings. The molecule has 3 unspecified atom stereocenters. The molecule has 1 N–H and O–H groups in total. The Morgan fingerprint density at radius 3 is 2.44 bits per heavy atom. The minimum absolute atomic E-state index is 0.125. The van der Waals surface area contributed by atoms with Crippen LogP contribution in [0, 0.1) is 0 Å². The Morgan fingerprint density at radius 1 is 1.15 bits per heavy atom. The summed E-state index contributed by atoms with van der Waals surface area (Å²) in [7, 11) is 0. The van der Waals surface area contributed by atoms with Gasteiger partial charge in [0.15, 0.2) is 11.6 Å². The van der Waals surface area contributed by atoms with Crippen molar-refractivity contribution in [2.45, 2.75) is 82.8 Å². The minimum Gasteiger partial charge on any atom is -0.464 e. The Hall–Kier alpha value is -0.660. The molecule has 0 spiro atoms. The normalized spacial score (nSPS) is 41.6. The van der Waals surface area contributed by atoms with Crippen molar-refractivity contribution < 1.29 is 46.2 Å². The van der Waals surface area contributed by atoms with Crippen LogP contribution < -0.4 is 0 Å². The molecule has 3 heterocycles. The van der Waals surface area contributed by atoms with Gasteiger partial charge in [-0.05, 0) is 34.6 Å². The lowest BCUT2D eigenvalue weighted by molar-refractivity contribution is -0.179. The van der Waals surface area contributed by atoms with Gasteiger partial charge in [-0.25, -0.2) is 4.79 Å². The van der Waals surface area contributed by atoms with Crippen molar-refractivity contribution >= 4 is 17.3 Å². The van der Waals surface area contributed by atoms with E-state index in [0.29, 0.717) is 0 Å². The highest BCUT2D eigenvalue weighted by Crippen LogP contribution is 2.39. The van der Waals surface area contributed by atoms with E-state index in [1.165, 1.54) is 0 Å². The number of esters is 1. The van der Waals surface area contributed by atoms with Crippen LogP contribution in [0.2, 0.25) is 0 Å². The van der Waals surface area contributed by atoms with Crippen LogP contribution >= 0.6 is 0 Å². The van der Waals surface area contributed by atoms with Gasteiger partial charge >= 0.3 is 17.3 Å². The highest BCUT2D eigenvalue weighted by molar-refractivity contribution is 7.75. The van der Waals surface area contributed by atoms with Crippen LogP contribution in [0.4, 0.5) is 0 Å². The molecule has 0 aliphatic carbocycles. The Kier molecular flexibility index (Phi) is 5.96. The zero-order chi connectivity index (χ0) is 20.0. The van der Waals surface area contributed by atoms with Gasteiger partial charge in [0.25, 0.3) is 0 Å². The lowest BCUT2D eigenvalue weighted by atomic mass is 9.96. The molecule has 0 aromatic heterocycles. The molecular formula is C16H26O10S. The number of carbonyl (C=O) groups excluding carboxylic acids is 1. The van der Waals surface area contributed by atoms with Crippen molar-refractivity contribution in [3.05, 3.63) is 0 Å². The van der Waals surface area contributed by atoms with Crippen LogP contribution in [0.3, 0.4) is 0 Å². The second-order valence-electron chi connectivity index (χ2n) is 7.46. The third-order valence-corrected chi connectivity index (χ3v) is 5.17. The van der Waals surface area contributed by atoms with E-state index >= 15 is 0 Å². The van der Waals surface area contributed by atoms with Gasteiger partial charge in [0, 0.05) is 0 Å². The highest BCUT2D eigenvalue weighted by Gasteiger charge is 2.58. The molecule has 156 valence electrons. The molecule has 27 heavy (non-hydrogen) atoms. The zero-order valence-corrected chi connectivity index (χ0v) is 16.7. The van der Waals surface area contributed by atoms with Gasteiger partial charge < -0.3 is 28.8 Å². The van der Waals surface area contributed by atoms with Gasteiger partial charge in [-0.2, -0.15) is 4.21 Å². The lowest BCUT2D eigenvalue weighted by Crippen LogP contribution is -2.52. The largest absolute Gasteiger partial charge is 0.464 e. The van der Waals surface area contributed by atoms with Crippen molar-refractivity contribution in [2.24, 2.45) is 0 Å².